The standard InChI is InChI=1S/C14H15ClN2O2S/c1-11-4-5-13(9-14(11)15)20(18,19)17-8-7-16-6-2-3-12(16)10-17/h2-6,9H,7-8,10H2,1H3. The molecule has 2 aromatic rings. The summed E-state index contributed by atoms with van der Waals surface area (Å²) in [5.41, 5.74) is 1.89. The Balaban J connectivity index is 1.95. The van der Waals surface area contributed by atoms with Crippen molar-refractivity contribution in [3.05, 3.63) is 52.8 Å². The van der Waals surface area contributed by atoms with E-state index in [9.17, 15) is 8.42 Å². The van der Waals surface area contributed by atoms with Crippen molar-refractivity contribution in [1.29, 1.82) is 0 Å². The minimum atomic E-state index is -3.49. The Labute approximate surface area is 123 Å². The first kappa shape index (κ1) is 13.7. The van der Waals surface area contributed by atoms with E-state index in [0.717, 1.165) is 11.3 Å². The van der Waals surface area contributed by atoms with Crippen molar-refractivity contribution in [3.8, 4) is 0 Å². The molecule has 0 spiro atoms. The molecule has 0 atom stereocenters. The molecular formula is C14H15ClN2O2S. The summed E-state index contributed by atoms with van der Waals surface area (Å²) in [4.78, 5) is 0.258. The number of fused-ring (bicyclic) bond motifs is 1. The molecule has 0 aliphatic carbocycles. The molecule has 0 fully saturated rings. The van der Waals surface area contributed by atoms with Gasteiger partial charge in [-0.15, -0.1) is 0 Å². The summed E-state index contributed by atoms with van der Waals surface area (Å²) in [7, 11) is -3.49. The largest absolute Gasteiger partial charge is 0.349 e. The molecule has 0 bridgehead atoms. The smallest absolute Gasteiger partial charge is 0.243 e. The molecule has 6 heteroatoms. The Morgan fingerprint density at radius 1 is 1.20 bits per heavy atom. The van der Waals surface area contributed by atoms with Crippen LogP contribution in [0.1, 0.15) is 11.3 Å². The second kappa shape index (κ2) is 4.91. The van der Waals surface area contributed by atoms with Gasteiger partial charge in [-0.25, -0.2) is 8.42 Å². The topological polar surface area (TPSA) is 42.3 Å². The van der Waals surface area contributed by atoms with Gasteiger partial charge in [-0.3, -0.25) is 0 Å². The summed E-state index contributed by atoms with van der Waals surface area (Å²) < 4.78 is 28.9. The Kier molecular flexibility index (Phi) is 3.36. The predicted octanol–water partition coefficient (Wildman–Crippen LogP) is 2.65. The monoisotopic (exact) mass is 310 g/mol. The van der Waals surface area contributed by atoms with Gasteiger partial charge in [-0.1, -0.05) is 17.7 Å². The SMILES string of the molecule is Cc1ccc(S(=O)(=O)N2CCn3cccc3C2)cc1Cl. The van der Waals surface area contributed by atoms with Gasteiger partial charge in [0.15, 0.2) is 0 Å². The molecule has 1 aliphatic rings. The van der Waals surface area contributed by atoms with Crippen molar-refractivity contribution in [2.24, 2.45) is 0 Å². The summed E-state index contributed by atoms with van der Waals surface area (Å²) >= 11 is 6.04. The van der Waals surface area contributed by atoms with Crippen molar-refractivity contribution in [1.82, 2.24) is 8.87 Å². The fraction of sp³-hybridized carbons (Fsp3) is 0.286. The lowest BCUT2D eigenvalue weighted by atomic mass is 10.2. The summed E-state index contributed by atoms with van der Waals surface area (Å²) in [6, 6.07) is 8.77. The van der Waals surface area contributed by atoms with Crippen molar-refractivity contribution >= 4 is 21.6 Å². The fourth-order valence-corrected chi connectivity index (χ4v) is 4.05. The lowest BCUT2D eigenvalue weighted by Gasteiger charge is -2.28. The number of nitrogens with zero attached hydrogens (tertiary/aromatic N) is 2. The molecule has 0 radical (unpaired) electrons. The summed E-state index contributed by atoms with van der Waals surface area (Å²) in [6.07, 6.45) is 1.97. The van der Waals surface area contributed by atoms with Crippen molar-refractivity contribution < 1.29 is 8.42 Å². The molecule has 2 heterocycles. The zero-order valence-corrected chi connectivity index (χ0v) is 12.7. The summed E-state index contributed by atoms with van der Waals surface area (Å²) in [5, 5.41) is 0.478. The van der Waals surface area contributed by atoms with Crippen molar-refractivity contribution in [2.75, 3.05) is 6.54 Å². The molecule has 1 aromatic heterocycles. The first-order chi connectivity index (χ1) is 9.48. The van der Waals surface area contributed by atoms with E-state index in [0.29, 0.717) is 24.7 Å². The van der Waals surface area contributed by atoms with Gasteiger partial charge < -0.3 is 4.57 Å². The van der Waals surface area contributed by atoms with E-state index >= 15 is 0 Å². The van der Waals surface area contributed by atoms with Crippen LogP contribution in [0.5, 0.6) is 0 Å². The maximum atomic E-state index is 12.6. The molecule has 106 valence electrons. The number of hydrogen-bond donors (Lipinski definition) is 0. The lowest BCUT2D eigenvalue weighted by Crippen LogP contribution is -2.37. The molecule has 1 aromatic carbocycles. The van der Waals surface area contributed by atoms with Gasteiger partial charge in [0.25, 0.3) is 0 Å². The van der Waals surface area contributed by atoms with Gasteiger partial charge in [-0.2, -0.15) is 4.31 Å². The summed E-state index contributed by atoms with van der Waals surface area (Å²) in [6.45, 7) is 3.42. The summed E-state index contributed by atoms with van der Waals surface area (Å²) in [5.74, 6) is 0. The molecule has 0 unspecified atom stereocenters. The van der Waals surface area contributed by atoms with E-state index < -0.39 is 10.0 Å². The highest BCUT2D eigenvalue weighted by Gasteiger charge is 2.28. The number of hydrogen-bond acceptors (Lipinski definition) is 2. The molecule has 0 saturated heterocycles. The molecule has 0 amide bonds. The number of halogens is 1. The quantitative estimate of drug-likeness (QED) is 0.856. The number of aromatic nitrogens is 1. The highest BCUT2D eigenvalue weighted by molar-refractivity contribution is 7.89. The average Bonchev–Trinajstić information content (AvgIpc) is 2.89. The number of sulfonamides is 1. The average molecular weight is 311 g/mol. The Morgan fingerprint density at radius 2 is 2.00 bits per heavy atom. The number of benzene rings is 1. The maximum absolute atomic E-state index is 12.6. The Hall–Kier alpha value is -1.30. The molecule has 3 rings (SSSR count). The van der Waals surface area contributed by atoms with Crippen molar-refractivity contribution in [2.45, 2.75) is 24.9 Å². The van der Waals surface area contributed by atoms with E-state index in [4.69, 9.17) is 11.6 Å². The Bertz CT molecular complexity index is 752. The van der Waals surface area contributed by atoms with Crippen LogP contribution in [0, 0.1) is 6.92 Å². The first-order valence-electron chi connectivity index (χ1n) is 6.39. The van der Waals surface area contributed by atoms with E-state index in [2.05, 4.69) is 4.57 Å². The van der Waals surface area contributed by atoms with Crippen LogP contribution in [0.2, 0.25) is 5.02 Å². The highest BCUT2D eigenvalue weighted by Crippen LogP contribution is 2.25. The van der Waals surface area contributed by atoms with Crippen LogP contribution < -0.4 is 0 Å². The van der Waals surface area contributed by atoms with Gasteiger partial charge >= 0.3 is 0 Å². The van der Waals surface area contributed by atoms with Gasteiger partial charge in [-0.05, 0) is 36.8 Å². The second-order valence-corrected chi connectivity index (χ2v) is 7.29. The van der Waals surface area contributed by atoms with Gasteiger partial charge in [0.05, 0.1) is 11.4 Å². The van der Waals surface area contributed by atoms with Crippen LogP contribution in [0.4, 0.5) is 0 Å². The fourth-order valence-electron chi connectivity index (χ4n) is 2.38. The van der Waals surface area contributed by atoms with Crippen LogP contribution in [0.3, 0.4) is 0 Å². The maximum Gasteiger partial charge on any atom is 0.243 e. The van der Waals surface area contributed by atoms with E-state index in [-0.39, 0.29) is 4.90 Å². The van der Waals surface area contributed by atoms with Gasteiger partial charge in [0.2, 0.25) is 10.0 Å². The van der Waals surface area contributed by atoms with E-state index in [1.165, 1.54) is 10.4 Å². The first-order valence-corrected chi connectivity index (χ1v) is 8.20. The van der Waals surface area contributed by atoms with Crippen LogP contribution in [0.15, 0.2) is 41.4 Å². The molecule has 1 aliphatic heterocycles. The predicted molar refractivity (Wildman–Crippen MR) is 78.2 cm³/mol. The zero-order chi connectivity index (χ0) is 14.3. The molecule has 4 nitrogen and oxygen atoms in total. The molecular weight excluding hydrogens is 296 g/mol. The molecule has 20 heavy (non-hydrogen) atoms. The molecule has 0 saturated carbocycles. The third-order valence-corrected chi connectivity index (χ3v) is 5.88. The lowest BCUT2D eigenvalue weighted by molar-refractivity contribution is 0.341. The zero-order valence-electron chi connectivity index (χ0n) is 11.1. The van der Waals surface area contributed by atoms with Gasteiger partial charge in [0, 0.05) is 30.0 Å². The highest BCUT2D eigenvalue weighted by atomic mass is 35.5. The number of rotatable bonds is 2. The Morgan fingerprint density at radius 3 is 2.75 bits per heavy atom. The minimum Gasteiger partial charge on any atom is -0.349 e. The second-order valence-electron chi connectivity index (χ2n) is 4.94. The number of aryl methyl sites for hydroxylation is 1. The van der Waals surface area contributed by atoms with E-state index in [1.54, 1.807) is 12.1 Å². The van der Waals surface area contributed by atoms with E-state index in [1.807, 2.05) is 25.3 Å². The normalized spacial score (nSPS) is 16.1. The third kappa shape index (κ3) is 2.26. The van der Waals surface area contributed by atoms with Gasteiger partial charge in [0.1, 0.15) is 0 Å². The molecule has 0 N–H and O–H groups in total. The van der Waals surface area contributed by atoms with Crippen LogP contribution in [-0.2, 0) is 23.1 Å². The van der Waals surface area contributed by atoms with Crippen molar-refractivity contribution in [3.63, 3.8) is 0 Å². The van der Waals surface area contributed by atoms with Crippen LogP contribution in [0.25, 0.3) is 0 Å². The third-order valence-electron chi connectivity index (χ3n) is 3.63. The van der Waals surface area contributed by atoms with Crippen LogP contribution >= 0.6 is 11.6 Å². The minimum absolute atomic E-state index is 0.258. The van der Waals surface area contributed by atoms with Crippen LogP contribution in [-0.4, -0.2) is 23.8 Å².